The van der Waals surface area contributed by atoms with Crippen LogP contribution in [0.15, 0.2) is 20.0 Å². The van der Waals surface area contributed by atoms with Crippen molar-refractivity contribution in [3.63, 3.8) is 0 Å². The summed E-state index contributed by atoms with van der Waals surface area (Å²) >= 11 is 2.94. The van der Waals surface area contributed by atoms with Crippen molar-refractivity contribution in [1.29, 1.82) is 0 Å². The standard InChI is InChI=1S/C13H21BrN2O4S/c1-3-5-6-9(4-2)8-16-13(17)10-7-11(12(14)20-10)21(15,18)19/h7,9H,3-6,8H2,1-2H3,(H,16,17)(H2,15,18,19). The summed E-state index contributed by atoms with van der Waals surface area (Å²) < 4.78 is 27.6. The van der Waals surface area contributed by atoms with Crippen molar-refractivity contribution < 1.29 is 17.6 Å². The molecule has 1 aromatic heterocycles. The fraction of sp³-hybridized carbons (Fsp3) is 0.615. The number of hydrogen-bond donors (Lipinski definition) is 2. The first-order valence-corrected chi connectivity index (χ1v) is 9.23. The highest BCUT2D eigenvalue weighted by molar-refractivity contribution is 9.10. The van der Waals surface area contributed by atoms with Crippen LogP contribution >= 0.6 is 15.9 Å². The van der Waals surface area contributed by atoms with E-state index in [1.807, 2.05) is 0 Å². The van der Waals surface area contributed by atoms with Crippen LogP contribution in [0.1, 0.15) is 50.1 Å². The molecule has 1 aromatic rings. The summed E-state index contributed by atoms with van der Waals surface area (Å²) in [6.45, 7) is 4.74. The lowest BCUT2D eigenvalue weighted by molar-refractivity contribution is 0.0916. The number of unbranched alkanes of at least 4 members (excludes halogenated alkanes) is 1. The van der Waals surface area contributed by atoms with Gasteiger partial charge in [0, 0.05) is 12.6 Å². The first kappa shape index (κ1) is 18.2. The molecule has 6 nitrogen and oxygen atoms in total. The van der Waals surface area contributed by atoms with Crippen LogP contribution in [-0.2, 0) is 10.0 Å². The molecule has 0 radical (unpaired) electrons. The van der Waals surface area contributed by atoms with E-state index in [0.29, 0.717) is 12.5 Å². The molecule has 1 atom stereocenters. The summed E-state index contributed by atoms with van der Waals surface area (Å²) in [6.07, 6.45) is 4.27. The van der Waals surface area contributed by atoms with E-state index in [4.69, 9.17) is 9.56 Å². The summed E-state index contributed by atoms with van der Waals surface area (Å²) in [5.74, 6) is -0.109. The van der Waals surface area contributed by atoms with Crippen LogP contribution in [-0.4, -0.2) is 20.9 Å². The summed E-state index contributed by atoms with van der Waals surface area (Å²) in [7, 11) is -3.91. The Morgan fingerprint density at radius 1 is 1.48 bits per heavy atom. The number of amides is 1. The van der Waals surface area contributed by atoms with Crippen LogP contribution in [0, 0.1) is 5.92 Å². The second kappa shape index (κ2) is 7.95. The van der Waals surface area contributed by atoms with Crippen LogP contribution in [0.25, 0.3) is 0 Å². The largest absolute Gasteiger partial charge is 0.443 e. The van der Waals surface area contributed by atoms with Crippen LogP contribution < -0.4 is 10.5 Å². The minimum atomic E-state index is -3.91. The molecule has 0 aliphatic rings. The number of primary sulfonamides is 1. The summed E-state index contributed by atoms with van der Waals surface area (Å²) in [4.78, 5) is 11.7. The number of carbonyl (C=O) groups is 1. The third-order valence-electron chi connectivity index (χ3n) is 3.28. The molecule has 0 aliphatic heterocycles. The van der Waals surface area contributed by atoms with Gasteiger partial charge in [-0.2, -0.15) is 0 Å². The lowest BCUT2D eigenvalue weighted by Gasteiger charge is -2.14. The molecule has 0 aliphatic carbocycles. The van der Waals surface area contributed by atoms with Gasteiger partial charge in [0.05, 0.1) is 0 Å². The molecule has 0 spiro atoms. The molecule has 120 valence electrons. The lowest BCUT2D eigenvalue weighted by atomic mass is 9.99. The summed E-state index contributed by atoms with van der Waals surface area (Å²) in [6, 6.07) is 1.13. The van der Waals surface area contributed by atoms with Crippen molar-refractivity contribution in [3.8, 4) is 0 Å². The van der Waals surface area contributed by atoms with Gasteiger partial charge in [-0.15, -0.1) is 0 Å². The van der Waals surface area contributed by atoms with Gasteiger partial charge >= 0.3 is 0 Å². The fourth-order valence-corrected chi connectivity index (χ4v) is 3.43. The maximum absolute atomic E-state index is 12.0. The van der Waals surface area contributed by atoms with Gasteiger partial charge in [-0.1, -0.05) is 33.1 Å². The first-order chi connectivity index (χ1) is 9.79. The van der Waals surface area contributed by atoms with E-state index in [9.17, 15) is 13.2 Å². The van der Waals surface area contributed by atoms with Gasteiger partial charge in [0.15, 0.2) is 10.4 Å². The highest BCUT2D eigenvalue weighted by Gasteiger charge is 2.22. The molecule has 21 heavy (non-hydrogen) atoms. The Kier molecular flexibility index (Phi) is 6.89. The van der Waals surface area contributed by atoms with Crippen molar-refractivity contribution in [2.45, 2.75) is 44.4 Å². The van der Waals surface area contributed by atoms with Gasteiger partial charge in [-0.25, -0.2) is 13.6 Å². The quantitative estimate of drug-likeness (QED) is 0.723. The number of furan rings is 1. The molecular formula is C13H21BrN2O4S. The van der Waals surface area contributed by atoms with E-state index in [0.717, 1.165) is 31.7 Å². The molecule has 0 fully saturated rings. The van der Waals surface area contributed by atoms with E-state index < -0.39 is 15.9 Å². The third-order valence-corrected chi connectivity index (χ3v) is 5.05. The normalized spacial score (nSPS) is 13.1. The number of carbonyl (C=O) groups excluding carboxylic acids is 1. The maximum Gasteiger partial charge on any atom is 0.287 e. The zero-order chi connectivity index (χ0) is 16.0. The van der Waals surface area contributed by atoms with Crippen molar-refractivity contribution in [3.05, 3.63) is 16.5 Å². The van der Waals surface area contributed by atoms with Crippen LogP contribution in [0.3, 0.4) is 0 Å². The van der Waals surface area contributed by atoms with Crippen LogP contribution in [0.4, 0.5) is 0 Å². The Hall–Kier alpha value is -0.860. The predicted molar refractivity (Wildman–Crippen MR) is 83.4 cm³/mol. The molecule has 3 N–H and O–H groups in total. The molecule has 1 amide bonds. The first-order valence-electron chi connectivity index (χ1n) is 6.89. The summed E-state index contributed by atoms with van der Waals surface area (Å²) in [5, 5.41) is 7.78. The average molecular weight is 381 g/mol. The molecule has 0 saturated heterocycles. The molecular weight excluding hydrogens is 360 g/mol. The Bertz CT molecular complexity index is 583. The number of nitrogens with one attached hydrogen (secondary N) is 1. The maximum atomic E-state index is 12.0. The van der Waals surface area contributed by atoms with E-state index in [2.05, 4.69) is 35.1 Å². The number of sulfonamides is 1. The van der Waals surface area contributed by atoms with Crippen molar-refractivity contribution in [1.82, 2.24) is 5.32 Å². The Balaban J connectivity index is 2.68. The van der Waals surface area contributed by atoms with E-state index in [-0.39, 0.29) is 15.3 Å². The van der Waals surface area contributed by atoms with Crippen molar-refractivity contribution >= 4 is 31.9 Å². The fourth-order valence-electron chi connectivity index (χ4n) is 1.93. The smallest absolute Gasteiger partial charge is 0.287 e. The van der Waals surface area contributed by atoms with Crippen molar-refractivity contribution in [2.75, 3.05) is 6.54 Å². The topological polar surface area (TPSA) is 102 Å². The minimum Gasteiger partial charge on any atom is -0.443 e. The van der Waals surface area contributed by atoms with Gasteiger partial charge < -0.3 is 9.73 Å². The van der Waals surface area contributed by atoms with E-state index in [1.165, 1.54) is 0 Å². The summed E-state index contributed by atoms with van der Waals surface area (Å²) in [5.41, 5.74) is 0. The van der Waals surface area contributed by atoms with Crippen molar-refractivity contribution in [2.24, 2.45) is 11.1 Å². The van der Waals surface area contributed by atoms with Crippen LogP contribution in [0.2, 0.25) is 0 Å². The average Bonchev–Trinajstić information content (AvgIpc) is 2.81. The van der Waals surface area contributed by atoms with Gasteiger partial charge in [0.25, 0.3) is 5.91 Å². The lowest BCUT2D eigenvalue weighted by Crippen LogP contribution is -2.28. The molecule has 1 unspecified atom stereocenters. The number of nitrogens with two attached hydrogens (primary N) is 1. The highest BCUT2D eigenvalue weighted by atomic mass is 79.9. The van der Waals surface area contributed by atoms with Gasteiger partial charge in [0.2, 0.25) is 10.0 Å². The third kappa shape index (κ3) is 5.44. The second-order valence-electron chi connectivity index (χ2n) is 4.92. The number of halogens is 1. The number of rotatable bonds is 8. The molecule has 0 saturated carbocycles. The van der Waals surface area contributed by atoms with E-state index in [1.54, 1.807) is 0 Å². The molecule has 8 heteroatoms. The molecule has 1 rings (SSSR count). The van der Waals surface area contributed by atoms with Gasteiger partial charge in [0.1, 0.15) is 4.90 Å². The zero-order valence-electron chi connectivity index (χ0n) is 12.2. The Labute approximate surface area is 133 Å². The van der Waals surface area contributed by atoms with E-state index >= 15 is 0 Å². The molecule has 0 bridgehead atoms. The molecule has 0 aromatic carbocycles. The number of hydrogen-bond acceptors (Lipinski definition) is 4. The zero-order valence-corrected chi connectivity index (χ0v) is 14.6. The second-order valence-corrected chi connectivity index (χ2v) is 7.17. The predicted octanol–water partition coefficient (Wildman–Crippen LogP) is 2.64. The van der Waals surface area contributed by atoms with Crippen LogP contribution in [0.5, 0.6) is 0 Å². The van der Waals surface area contributed by atoms with Gasteiger partial charge in [-0.05, 0) is 28.3 Å². The SMILES string of the molecule is CCCCC(CC)CNC(=O)c1cc(S(N)(=O)=O)c(Br)o1. The molecule has 1 heterocycles. The monoisotopic (exact) mass is 380 g/mol. The Morgan fingerprint density at radius 3 is 2.62 bits per heavy atom. The highest BCUT2D eigenvalue weighted by Crippen LogP contribution is 2.25. The van der Waals surface area contributed by atoms with Gasteiger partial charge in [-0.3, -0.25) is 4.79 Å². The Morgan fingerprint density at radius 2 is 2.14 bits per heavy atom. The minimum absolute atomic E-state index is 0.0619.